The molecule has 4 heteroatoms. The fourth-order valence-corrected chi connectivity index (χ4v) is 1.48. The van der Waals surface area contributed by atoms with E-state index >= 15 is 0 Å². The highest BCUT2D eigenvalue weighted by Crippen LogP contribution is 2.05. The molecule has 1 N–H and O–H groups in total. The van der Waals surface area contributed by atoms with E-state index in [4.69, 9.17) is 5.26 Å². The predicted molar refractivity (Wildman–Crippen MR) is 60.2 cm³/mol. The van der Waals surface area contributed by atoms with Crippen LogP contribution in [0.15, 0.2) is 0 Å². The summed E-state index contributed by atoms with van der Waals surface area (Å²) < 4.78 is 0. The van der Waals surface area contributed by atoms with Gasteiger partial charge in [0.2, 0.25) is 5.91 Å². The molecule has 86 valence electrons. The summed E-state index contributed by atoms with van der Waals surface area (Å²) in [4.78, 5) is 13.6. The summed E-state index contributed by atoms with van der Waals surface area (Å²) in [5.74, 6) is -0.645. The number of likely N-dealkylation sites (N-methyl/N-ethyl adjacent to an activating group) is 1. The number of nitrogens with one attached hydrogen (secondary N) is 1. The highest BCUT2D eigenvalue weighted by molar-refractivity contribution is 5.81. The van der Waals surface area contributed by atoms with Crippen LogP contribution in [-0.2, 0) is 4.79 Å². The second-order valence-electron chi connectivity index (χ2n) is 4.14. The van der Waals surface area contributed by atoms with Gasteiger partial charge in [0.05, 0.1) is 6.07 Å². The van der Waals surface area contributed by atoms with Crippen molar-refractivity contribution in [1.29, 1.82) is 5.26 Å². The van der Waals surface area contributed by atoms with Crippen molar-refractivity contribution in [1.82, 2.24) is 10.2 Å². The van der Waals surface area contributed by atoms with E-state index in [9.17, 15) is 4.79 Å². The van der Waals surface area contributed by atoms with E-state index in [2.05, 4.69) is 5.32 Å². The van der Waals surface area contributed by atoms with E-state index < -0.39 is 5.92 Å². The first-order valence-electron chi connectivity index (χ1n) is 5.36. The zero-order chi connectivity index (χ0) is 11.8. The minimum absolute atomic E-state index is 0.0835. The van der Waals surface area contributed by atoms with Gasteiger partial charge in [-0.05, 0) is 27.4 Å². The van der Waals surface area contributed by atoms with Gasteiger partial charge in [0, 0.05) is 12.6 Å². The molecule has 0 radical (unpaired) electrons. The summed E-state index contributed by atoms with van der Waals surface area (Å²) in [5.41, 5.74) is 0. The Balaban J connectivity index is 4.05. The van der Waals surface area contributed by atoms with Gasteiger partial charge in [-0.15, -0.1) is 0 Å². The van der Waals surface area contributed by atoms with Gasteiger partial charge >= 0.3 is 0 Å². The summed E-state index contributed by atoms with van der Waals surface area (Å²) in [7, 11) is 3.91. The Kier molecular flexibility index (Phi) is 6.72. The molecule has 4 nitrogen and oxygen atoms in total. The smallest absolute Gasteiger partial charge is 0.237 e. The molecule has 0 spiro atoms. The Bertz CT molecular complexity index is 232. The number of carbonyl (C=O) groups excluding carboxylic acids is 1. The highest BCUT2D eigenvalue weighted by atomic mass is 16.1. The second kappa shape index (κ2) is 7.24. The molecule has 0 fully saturated rings. The third-order valence-electron chi connectivity index (χ3n) is 2.08. The van der Waals surface area contributed by atoms with Gasteiger partial charge in [-0.25, -0.2) is 0 Å². The third-order valence-corrected chi connectivity index (χ3v) is 2.08. The van der Waals surface area contributed by atoms with Crippen LogP contribution in [0.4, 0.5) is 0 Å². The summed E-state index contributed by atoms with van der Waals surface area (Å²) in [6, 6.07) is 2.12. The molecule has 0 bridgehead atoms. The van der Waals surface area contributed by atoms with Crippen LogP contribution < -0.4 is 5.32 Å². The molecule has 0 aliphatic rings. The molecule has 2 unspecified atom stereocenters. The topological polar surface area (TPSA) is 56.1 Å². The molecule has 0 aromatic carbocycles. The van der Waals surface area contributed by atoms with Crippen molar-refractivity contribution in [2.45, 2.75) is 32.7 Å². The van der Waals surface area contributed by atoms with Crippen LogP contribution in [-0.4, -0.2) is 37.5 Å². The molecule has 0 aliphatic heterocycles. The Labute approximate surface area is 92.3 Å². The molecule has 0 aromatic heterocycles. The monoisotopic (exact) mass is 211 g/mol. The first-order valence-corrected chi connectivity index (χ1v) is 5.36. The van der Waals surface area contributed by atoms with Gasteiger partial charge in [-0.3, -0.25) is 4.79 Å². The molecule has 0 aliphatic carbocycles. The second-order valence-corrected chi connectivity index (χ2v) is 4.14. The van der Waals surface area contributed by atoms with Crippen LogP contribution in [0.25, 0.3) is 0 Å². The molecule has 0 aromatic rings. The minimum atomic E-state index is -0.500. The maximum atomic E-state index is 11.6. The number of hydrogen-bond acceptors (Lipinski definition) is 3. The van der Waals surface area contributed by atoms with Crippen molar-refractivity contribution in [2.75, 3.05) is 20.6 Å². The van der Waals surface area contributed by atoms with E-state index in [0.29, 0.717) is 6.42 Å². The van der Waals surface area contributed by atoms with Crippen LogP contribution in [0.1, 0.15) is 26.7 Å². The van der Waals surface area contributed by atoms with E-state index in [1.165, 1.54) is 0 Å². The quantitative estimate of drug-likeness (QED) is 0.713. The van der Waals surface area contributed by atoms with Gasteiger partial charge in [0.1, 0.15) is 5.92 Å². The number of carbonyl (C=O) groups is 1. The lowest BCUT2D eigenvalue weighted by Gasteiger charge is -2.19. The first kappa shape index (κ1) is 13.9. The maximum absolute atomic E-state index is 11.6. The van der Waals surface area contributed by atoms with Crippen LogP contribution in [0.5, 0.6) is 0 Å². The van der Waals surface area contributed by atoms with Crippen molar-refractivity contribution < 1.29 is 4.79 Å². The van der Waals surface area contributed by atoms with Crippen molar-refractivity contribution in [2.24, 2.45) is 5.92 Å². The Morgan fingerprint density at radius 2 is 2.13 bits per heavy atom. The van der Waals surface area contributed by atoms with E-state index in [1.807, 2.05) is 38.9 Å². The van der Waals surface area contributed by atoms with Crippen LogP contribution in [0.3, 0.4) is 0 Å². The molecular formula is C11H21N3O. The van der Waals surface area contributed by atoms with Crippen molar-refractivity contribution in [3.05, 3.63) is 0 Å². The van der Waals surface area contributed by atoms with Gasteiger partial charge in [0.25, 0.3) is 0 Å². The lowest BCUT2D eigenvalue weighted by molar-refractivity contribution is -0.124. The van der Waals surface area contributed by atoms with Gasteiger partial charge in [0.15, 0.2) is 0 Å². The van der Waals surface area contributed by atoms with Gasteiger partial charge in [-0.2, -0.15) is 5.26 Å². The average molecular weight is 211 g/mol. The van der Waals surface area contributed by atoms with E-state index in [0.717, 1.165) is 13.0 Å². The normalized spacial score (nSPS) is 14.4. The molecular weight excluding hydrogens is 190 g/mol. The molecule has 0 heterocycles. The Morgan fingerprint density at radius 1 is 1.53 bits per heavy atom. The summed E-state index contributed by atoms with van der Waals surface area (Å²) in [6.45, 7) is 4.70. The van der Waals surface area contributed by atoms with E-state index in [-0.39, 0.29) is 11.9 Å². The molecule has 1 amide bonds. The SMILES string of the molecule is CCCC(C#N)C(=O)NC(C)CN(C)C. The standard InChI is InChI=1S/C11H21N3O/c1-5-6-10(7-12)11(15)13-9(2)8-14(3)4/h9-10H,5-6,8H2,1-4H3,(H,13,15). The highest BCUT2D eigenvalue weighted by Gasteiger charge is 2.18. The molecule has 0 saturated carbocycles. The lowest BCUT2D eigenvalue weighted by atomic mass is 10.0. The zero-order valence-electron chi connectivity index (χ0n) is 10.1. The Morgan fingerprint density at radius 3 is 2.53 bits per heavy atom. The number of nitrogens with zero attached hydrogens (tertiary/aromatic N) is 2. The van der Waals surface area contributed by atoms with E-state index in [1.54, 1.807) is 0 Å². The number of hydrogen-bond donors (Lipinski definition) is 1. The largest absolute Gasteiger partial charge is 0.351 e. The minimum Gasteiger partial charge on any atom is -0.351 e. The van der Waals surface area contributed by atoms with Crippen molar-refractivity contribution in [3.63, 3.8) is 0 Å². The maximum Gasteiger partial charge on any atom is 0.237 e. The van der Waals surface area contributed by atoms with Crippen molar-refractivity contribution >= 4 is 5.91 Å². The van der Waals surface area contributed by atoms with Crippen LogP contribution in [0, 0.1) is 17.2 Å². The fourth-order valence-electron chi connectivity index (χ4n) is 1.48. The van der Waals surface area contributed by atoms with Crippen LogP contribution >= 0.6 is 0 Å². The zero-order valence-corrected chi connectivity index (χ0v) is 10.1. The van der Waals surface area contributed by atoms with Crippen LogP contribution in [0.2, 0.25) is 0 Å². The number of amides is 1. The predicted octanol–water partition coefficient (Wildman–Crippen LogP) is 0.993. The third kappa shape index (κ3) is 6.08. The van der Waals surface area contributed by atoms with Crippen molar-refractivity contribution in [3.8, 4) is 6.07 Å². The molecule has 15 heavy (non-hydrogen) atoms. The lowest BCUT2D eigenvalue weighted by Crippen LogP contribution is -2.42. The van der Waals surface area contributed by atoms with Gasteiger partial charge < -0.3 is 10.2 Å². The molecule has 0 rings (SSSR count). The number of nitriles is 1. The summed E-state index contributed by atoms with van der Waals surface area (Å²) in [5, 5.41) is 11.6. The molecule has 2 atom stereocenters. The molecule has 0 saturated heterocycles. The fraction of sp³-hybridized carbons (Fsp3) is 0.818. The first-order chi connectivity index (χ1) is 7.01. The Hall–Kier alpha value is -1.08. The average Bonchev–Trinajstić information content (AvgIpc) is 2.12. The van der Waals surface area contributed by atoms with Gasteiger partial charge in [-0.1, -0.05) is 13.3 Å². The number of rotatable bonds is 6. The summed E-state index contributed by atoms with van der Waals surface area (Å²) in [6.07, 6.45) is 1.49. The summed E-state index contributed by atoms with van der Waals surface area (Å²) >= 11 is 0.